The van der Waals surface area contributed by atoms with Crippen LogP contribution in [0.4, 0.5) is 0 Å². The van der Waals surface area contributed by atoms with Gasteiger partial charge in [-0.2, -0.15) is 0 Å². The van der Waals surface area contributed by atoms with Crippen LogP contribution in [-0.4, -0.2) is 39.5 Å². The van der Waals surface area contributed by atoms with Crippen molar-refractivity contribution >= 4 is 0 Å². The van der Waals surface area contributed by atoms with Crippen LogP contribution in [0.2, 0.25) is 0 Å². The Kier molecular flexibility index (Phi) is 2.75. The lowest BCUT2D eigenvalue weighted by Gasteiger charge is -2.21. The van der Waals surface area contributed by atoms with Crippen LogP contribution in [0.25, 0.3) is 0 Å². The van der Waals surface area contributed by atoms with Crippen LogP contribution in [0.1, 0.15) is 19.0 Å². The molecule has 0 aliphatic carbocycles. The maximum Gasteiger partial charge on any atom is 0.0967 e. The fourth-order valence-corrected chi connectivity index (χ4v) is 2.12. The average Bonchev–Trinajstić information content (AvgIpc) is 2.76. The third kappa shape index (κ3) is 2.35. The molecule has 1 saturated heterocycles. The van der Waals surface area contributed by atoms with Crippen molar-refractivity contribution in [3.8, 4) is 0 Å². The van der Waals surface area contributed by atoms with Crippen LogP contribution in [0.3, 0.4) is 0 Å². The van der Waals surface area contributed by atoms with Gasteiger partial charge in [-0.3, -0.25) is 9.58 Å². The summed E-state index contributed by atoms with van der Waals surface area (Å²) in [6.07, 6.45) is 3.15. The van der Waals surface area contributed by atoms with E-state index in [2.05, 4.69) is 22.1 Å². The molecule has 5 heteroatoms. The number of hydrogen-bond acceptors (Lipinski definition) is 4. The van der Waals surface area contributed by atoms with Crippen LogP contribution in [0.15, 0.2) is 6.20 Å². The zero-order valence-corrected chi connectivity index (χ0v) is 9.48. The smallest absolute Gasteiger partial charge is 0.0967 e. The molecule has 2 heterocycles. The second kappa shape index (κ2) is 3.90. The molecule has 0 radical (unpaired) electrons. The van der Waals surface area contributed by atoms with Crippen molar-refractivity contribution in [1.82, 2.24) is 19.9 Å². The number of nitrogens with zero attached hydrogens (tertiary/aromatic N) is 4. The second-order valence-corrected chi connectivity index (χ2v) is 4.86. The number of likely N-dealkylation sites (tertiary alicyclic amines) is 1. The van der Waals surface area contributed by atoms with Gasteiger partial charge in [0, 0.05) is 26.3 Å². The van der Waals surface area contributed by atoms with Gasteiger partial charge in [-0.1, -0.05) is 12.1 Å². The fraction of sp³-hybridized carbons (Fsp3) is 0.800. The largest absolute Gasteiger partial charge is 0.330 e. The normalized spacial score (nSPS) is 27.4. The topological polar surface area (TPSA) is 60.0 Å². The Labute approximate surface area is 90.2 Å². The van der Waals surface area contributed by atoms with E-state index in [0.717, 1.165) is 31.9 Å². The zero-order valence-electron chi connectivity index (χ0n) is 9.48. The lowest BCUT2D eigenvalue weighted by Crippen LogP contribution is -2.31. The third-order valence-corrected chi connectivity index (χ3v) is 3.17. The molecular formula is C10H19N5. The molecule has 1 atom stereocenters. The lowest BCUT2D eigenvalue weighted by molar-refractivity contribution is 0.272. The number of aromatic nitrogens is 3. The average molecular weight is 209 g/mol. The summed E-state index contributed by atoms with van der Waals surface area (Å²) in [7, 11) is 1.89. The summed E-state index contributed by atoms with van der Waals surface area (Å²) in [4.78, 5) is 2.40. The van der Waals surface area contributed by atoms with Crippen molar-refractivity contribution < 1.29 is 0 Å². The molecule has 1 aliphatic rings. The molecule has 0 spiro atoms. The van der Waals surface area contributed by atoms with Crippen LogP contribution in [-0.2, 0) is 13.6 Å². The van der Waals surface area contributed by atoms with E-state index >= 15 is 0 Å². The molecule has 84 valence electrons. The highest BCUT2D eigenvalue weighted by atomic mass is 15.4. The predicted octanol–water partition coefficient (Wildman–Crippen LogP) is -0.0142. The Bertz CT molecular complexity index is 334. The zero-order chi connectivity index (χ0) is 10.9. The molecule has 1 aliphatic heterocycles. The van der Waals surface area contributed by atoms with E-state index in [4.69, 9.17) is 5.73 Å². The standard InChI is InChI=1S/C10H19N5/c1-10(7-11)3-4-15(8-10)6-9-5-14(2)13-12-9/h5H,3-4,6-8,11H2,1-2H3. The molecule has 15 heavy (non-hydrogen) atoms. The van der Waals surface area contributed by atoms with Crippen molar-refractivity contribution in [2.45, 2.75) is 19.9 Å². The Morgan fingerprint density at radius 3 is 2.93 bits per heavy atom. The first-order valence-corrected chi connectivity index (χ1v) is 5.39. The minimum absolute atomic E-state index is 0.294. The van der Waals surface area contributed by atoms with Gasteiger partial charge in [-0.15, -0.1) is 5.10 Å². The molecule has 0 amide bonds. The lowest BCUT2D eigenvalue weighted by atomic mass is 9.90. The maximum atomic E-state index is 5.77. The van der Waals surface area contributed by atoms with Crippen molar-refractivity contribution in [2.24, 2.45) is 18.2 Å². The van der Waals surface area contributed by atoms with Crippen molar-refractivity contribution in [3.05, 3.63) is 11.9 Å². The van der Waals surface area contributed by atoms with Gasteiger partial charge in [0.05, 0.1) is 5.69 Å². The molecule has 1 fully saturated rings. The summed E-state index contributed by atoms with van der Waals surface area (Å²) in [6, 6.07) is 0. The van der Waals surface area contributed by atoms with E-state index in [1.807, 2.05) is 13.2 Å². The van der Waals surface area contributed by atoms with Gasteiger partial charge in [0.15, 0.2) is 0 Å². The number of nitrogens with two attached hydrogens (primary N) is 1. The van der Waals surface area contributed by atoms with Crippen LogP contribution in [0, 0.1) is 5.41 Å². The van der Waals surface area contributed by atoms with Crippen molar-refractivity contribution in [3.63, 3.8) is 0 Å². The van der Waals surface area contributed by atoms with Crippen LogP contribution >= 0.6 is 0 Å². The van der Waals surface area contributed by atoms with Crippen LogP contribution in [0.5, 0.6) is 0 Å². The summed E-state index contributed by atoms with van der Waals surface area (Å²) >= 11 is 0. The highest BCUT2D eigenvalue weighted by molar-refractivity contribution is 4.95. The molecule has 1 aromatic rings. The number of aryl methyl sites for hydroxylation is 1. The van der Waals surface area contributed by atoms with Crippen LogP contribution < -0.4 is 5.73 Å². The third-order valence-electron chi connectivity index (χ3n) is 3.17. The Hall–Kier alpha value is -0.940. The van der Waals surface area contributed by atoms with E-state index in [1.165, 1.54) is 6.42 Å². The Morgan fingerprint density at radius 2 is 2.40 bits per heavy atom. The highest BCUT2D eigenvalue weighted by Crippen LogP contribution is 2.28. The van der Waals surface area contributed by atoms with Crippen molar-refractivity contribution in [2.75, 3.05) is 19.6 Å². The van der Waals surface area contributed by atoms with Crippen molar-refractivity contribution in [1.29, 1.82) is 0 Å². The number of rotatable bonds is 3. The second-order valence-electron chi connectivity index (χ2n) is 4.86. The molecule has 0 bridgehead atoms. The first kappa shape index (κ1) is 10.6. The van der Waals surface area contributed by atoms with E-state index in [1.54, 1.807) is 4.68 Å². The van der Waals surface area contributed by atoms with Gasteiger partial charge in [0.2, 0.25) is 0 Å². The Morgan fingerprint density at radius 1 is 1.60 bits per heavy atom. The SMILES string of the molecule is Cn1cc(CN2CCC(C)(CN)C2)nn1. The monoisotopic (exact) mass is 209 g/mol. The summed E-state index contributed by atoms with van der Waals surface area (Å²) < 4.78 is 1.74. The Balaban J connectivity index is 1.92. The molecular weight excluding hydrogens is 190 g/mol. The summed E-state index contributed by atoms with van der Waals surface area (Å²) in [6.45, 7) is 6.10. The van der Waals surface area contributed by atoms with Gasteiger partial charge in [0.25, 0.3) is 0 Å². The summed E-state index contributed by atoms with van der Waals surface area (Å²) in [5.74, 6) is 0. The first-order chi connectivity index (χ1) is 7.11. The predicted molar refractivity (Wildman–Crippen MR) is 58.1 cm³/mol. The van der Waals surface area contributed by atoms with Gasteiger partial charge in [-0.25, -0.2) is 0 Å². The quantitative estimate of drug-likeness (QED) is 0.760. The molecule has 5 nitrogen and oxygen atoms in total. The fourth-order valence-electron chi connectivity index (χ4n) is 2.12. The molecule has 0 saturated carbocycles. The molecule has 2 N–H and O–H groups in total. The maximum absolute atomic E-state index is 5.77. The summed E-state index contributed by atoms with van der Waals surface area (Å²) in [5, 5.41) is 8.02. The minimum Gasteiger partial charge on any atom is -0.330 e. The van der Waals surface area contributed by atoms with E-state index in [0.29, 0.717) is 5.41 Å². The van der Waals surface area contributed by atoms with Gasteiger partial charge >= 0.3 is 0 Å². The van der Waals surface area contributed by atoms with E-state index < -0.39 is 0 Å². The minimum atomic E-state index is 0.294. The highest BCUT2D eigenvalue weighted by Gasteiger charge is 2.32. The molecule has 2 rings (SSSR count). The van der Waals surface area contributed by atoms with E-state index in [9.17, 15) is 0 Å². The van der Waals surface area contributed by atoms with Gasteiger partial charge in [-0.05, 0) is 24.9 Å². The summed E-state index contributed by atoms with van der Waals surface area (Å²) in [5.41, 5.74) is 7.10. The number of hydrogen-bond donors (Lipinski definition) is 1. The first-order valence-electron chi connectivity index (χ1n) is 5.39. The van der Waals surface area contributed by atoms with E-state index in [-0.39, 0.29) is 0 Å². The molecule has 1 unspecified atom stereocenters. The van der Waals surface area contributed by atoms with Gasteiger partial charge < -0.3 is 5.73 Å². The molecule has 0 aromatic carbocycles. The molecule has 1 aromatic heterocycles. The van der Waals surface area contributed by atoms with Gasteiger partial charge in [0.1, 0.15) is 0 Å².